The molecule has 0 unspecified atom stereocenters. The first-order valence-electron chi connectivity index (χ1n) is 9.61. The van der Waals surface area contributed by atoms with E-state index in [4.69, 9.17) is 5.73 Å². The number of fused-ring (bicyclic) bond motifs is 3. The van der Waals surface area contributed by atoms with E-state index in [1.54, 1.807) is 33.2 Å². The molecule has 2 aliphatic rings. The summed E-state index contributed by atoms with van der Waals surface area (Å²) in [4.78, 5) is 41.1. The number of rotatable bonds is 1. The number of aliphatic hydroxyl groups excluding tert-OH is 1. The van der Waals surface area contributed by atoms with Gasteiger partial charge in [-0.15, -0.1) is 0 Å². The Bertz CT molecular complexity index is 1230. The van der Waals surface area contributed by atoms with E-state index in [1.807, 2.05) is 0 Å². The zero-order valence-corrected chi connectivity index (χ0v) is 17.1. The fourth-order valence-corrected chi connectivity index (χ4v) is 5.03. The van der Waals surface area contributed by atoms with Gasteiger partial charge in [0.05, 0.1) is 17.0 Å². The van der Waals surface area contributed by atoms with Gasteiger partial charge in [0.15, 0.2) is 17.3 Å². The molecule has 9 nitrogen and oxygen atoms in total. The van der Waals surface area contributed by atoms with Gasteiger partial charge in [0.25, 0.3) is 0 Å². The number of likely N-dealkylation sites (N-methyl/N-ethyl adjacent to an activating group) is 1. The van der Waals surface area contributed by atoms with Crippen LogP contribution in [0.15, 0.2) is 29.7 Å². The van der Waals surface area contributed by atoms with Crippen molar-refractivity contribution in [1.29, 1.82) is 0 Å². The lowest BCUT2D eigenvalue weighted by atomic mass is 9.59. The van der Waals surface area contributed by atoms with Crippen molar-refractivity contribution in [3.63, 3.8) is 0 Å². The monoisotopic (exact) mass is 426 g/mol. The molecule has 0 saturated heterocycles. The molecule has 0 amide bonds. The summed E-state index contributed by atoms with van der Waals surface area (Å²) in [6, 6.07) is 3.48. The van der Waals surface area contributed by atoms with E-state index in [-0.39, 0.29) is 23.1 Å². The van der Waals surface area contributed by atoms with Crippen LogP contribution in [0, 0.1) is 12.8 Å². The fraction of sp³-hybridized carbons (Fsp3) is 0.318. The molecule has 1 fully saturated rings. The standard InChI is InChI=1S/C22H22N2O7/c1-8-9-5-4-6-12(25)13(9)17(26)14-10(8)7-11-16(24(2)3)18(27)15(21(23)30)20(29)22(11,31)19(14)28/h4-6,11,16,25-26,30-31H,7,23H2,1-3H3/b21-15-/t11-,16-,22-/m0/s1. The number of Topliss-reactive ketones (excluding diaryl/α,β-unsaturated/α-hetero) is 3. The summed E-state index contributed by atoms with van der Waals surface area (Å²) < 4.78 is 0. The number of ketones is 3. The van der Waals surface area contributed by atoms with Crippen LogP contribution in [-0.2, 0) is 16.0 Å². The normalized spacial score (nSPS) is 27.5. The van der Waals surface area contributed by atoms with Crippen molar-refractivity contribution < 1.29 is 34.8 Å². The van der Waals surface area contributed by atoms with Crippen LogP contribution < -0.4 is 5.73 Å². The van der Waals surface area contributed by atoms with Crippen molar-refractivity contribution >= 4 is 28.1 Å². The minimum atomic E-state index is -2.72. The van der Waals surface area contributed by atoms with Crippen molar-refractivity contribution in [1.82, 2.24) is 4.90 Å². The lowest BCUT2D eigenvalue weighted by molar-refractivity contribution is -0.147. The highest BCUT2D eigenvalue weighted by Crippen LogP contribution is 2.49. The van der Waals surface area contributed by atoms with Gasteiger partial charge in [-0.25, -0.2) is 0 Å². The number of aliphatic hydroxyl groups is 2. The van der Waals surface area contributed by atoms with Gasteiger partial charge in [0.1, 0.15) is 17.1 Å². The Hall–Kier alpha value is -3.43. The molecule has 0 aromatic heterocycles. The SMILES string of the molecule is Cc1c2c(c(O)c3c(O)cccc13)C(=O)[C@]1(O)C(=O)/C(=C(/N)O)C(=O)[C@@H](N(C)C)[C@@H]1C2. The number of carbonyl (C=O) groups excluding carboxylic acids is 3. The predicted molar refractivity (Wildman–Crippen MR) is 110 cm³/mol. The highest BCUT2D eigenvalue weighted by atomic mass is 16.3. The average molecular weight is 426 g/mol. The zero-order chi connectivity index (χ0) is 23.0. The van der Waals surface area contributed by atoms with E-state index in [0.29, 0.717) is 16.5 Å². The van der Waals surface area contributed by atoms with Gasteiger partial charge in [-0.3, -0.25) is 19.3 Å². The van der Waals surface area contributed by atoms with Crippen molar-refractivity contribution in [3.8, 4) is 11.5 Å². The first-order chi connectivity index (χ1) is 14.4. The molecule has 3 atom stereocenters. The molecule has 2 aromatic rings. The number of aryl methyl sites for hydroxylation is 1. The fourth-order valence-electron chi connectivity index (χ4n) is 5.03. The molecule has 0 heterocycles. The minimum Gasteiger partial charge on any atom is -0.507 e. The molecule has 6 N–H and O–H groups in total. The smallest absolute Gasteiger partial charge is 0.211 e. The molecule has 0 radical (unpaired) electrons. The zero-order valence-electron chi connectivity index (χ0n) is 17.1. The summed E-state index contributed by atoms with van der Waals surface area (Å²) in [5.41, 5.74) is 2.46. The van der Waals surface area contributed by atoms with Crippen LogP contribution in [0.1, 0.15) is 21.5 Å². The van der Waals surface area contributed by atoms with Crippen molar-refractivity contribution in [2.45, 2.75) is 25.0 Å². The number of aromatic hydroxyl groups is 2. The number of phenolic OH excluding ortho intramolecular Hbond substituents is 2. The van der Waals surface area contributed by atoms with E-state index in [2.05, 4.69) is 0 Å². The topological polar surface area (TPSA) is 161 Å². The Morgan fingerprint density at radius 3 is 2.39 bits per heavy atom. The molecule has 9 heteroatoms. The van der Waals surface area contributed by atoms with Crippen LogP contribution in [-0.4, -0.2) is 68.4 Å². The third-order valence-electron chi connectivity index (χ3n) is 6.49. The van der Waals surface area contributed by atoms with Gasteiger partial charge in [-0.1, -0.05) is 12.1 Å². The van der Waals surface area contributed by atoms with E-state index in [9.17, 15) is 34.8 Å². The first kappa shape index (κ1) is 20.8. The summed E-state index contributed by atoms with van der Waals surface area (Å²) in [6.07, 6.45) is -0.0680. The van der Waals surface area contributed by atoms with Crippen molar-refractivity contribution in [3.05, 3.63) is 46.3 Å². The predicted octanol–water partition coefficient (Wildman–Crippen LogP) is 0.456. The summed E-state index contributed by atoms with van der Waals surface area (Å²) in [5, 5.41) is 42.9. The van der Waals surface area contributed by atoms with E-state index in [1.165, 1.54) is 11.0 Å². The number of benzene rings is 2. The van der Waals surface area contributed by atoms with Crippen LogP contribution in [0.4, 0.5) is 0 Å². The lowest BCUT2D eigenvalue weighted by Gasteiger charge is -2.47. The minimum absolute atomic E-state index is 0.0232. The molecule has 2 aliphatic carbocycles. The van der Waals surface area contributed by atoms with Gasteiger partial charge in [0, 0.05) is 5.92 Å². The van der Waals surface area contributed by atoms with Crippen LogP contribution in [0.25, 0.3) is 10.8 Å². The number of hydrogen-bond acceptors (Lipinski definition) is 9. The van der Waals surface area contributed by atoms with Crippen molar-refractivity contribution in [2.75, 3.05) is 14.1 Å². The van der Waals surface area contributed by atoms with E-state index < -0.39 is 52.1 Å². The number of phenols is 2. The van der Waals surface area contributed by atoms with Gasteiger partial charge >= 0.3 is 0 Å². The third-order valence-corrected chi connectivity index (χ3v) is 6.49. The summed E-state index contributed by atoms with van der Waals surface area (Å²) in [7, 11) is 3.10. The molecule has 0 aliphatic heterocycles. The third kappa shape index (κ3) is 2.47. The van der Waals surface area contributed by atoms with Crippen LogP contribution >= 0.6 is 0 Å². The van der Waals surface area contributed by atoms with Gasteiger partial charge < -0.3 is 26.2 Å². The van der Waals surface area contributed by atoms with E-state index >= 15 is 0 Å². The number of carbonyl (C=O) groups is 3. The quantitative estimate of drug-likeness (QED) is 0.189. The molecule has 31 heavy (non-hydrogen) atoms. The number of hydrogen-bond donors (Lipinski definition) is 5. The summed E-state index contributed by atoms with van der Waals surface area (Å²) >= 11 is 0. The number of nitrogens with zero attached hydrogens (tertiary/aromatic N) is 1. The van der Waals surface area contributed by atoms with E-state index in [0.717, 1.165) is 0 Å². The van der Waals surface area contributed by atoms with Gasteiger partial charge in [-0.05, 0) is 50.0 Å². The second-order valence-electron chi connectivity index (χ2n) is 8.30. The largest absolute Gasteiger partial charge is 0.507 e. The molecular weight excluding hydrogens is 404 g/mol. The average Bonchev–Trinajstić information content (AvgIpc) is 2.68. The van der Waals surface area contributed by atoms with Gasteiger partial charge in [0.2, 0.25) is 11.6 Å². The summed E-state index contributed by atoms with van der Waals surface area (Å²) in [6.45, 7) is 1.70. The van der Waals surface area contributed by atoms with Crippen molar-refractivity contribution in [2.24, 2.45) is 11.7 Å². The molecular formula is C22H22N2O7. The van der Waals surface area contributed by atoms with Crippen LogP contribution in [0.2, 0.25) is 0 Å². The highest BCUT2D eigenvalue weighted by molar-refractivity contribution is 6.36. The Labute approximate surface area is 177 Å². The highest BCUT2D eigenvalue weighted by Gasteiger charge is 2.64. The Morgan fingerprint density at radius 2 is 1.81 bits per heavy atom. The second-order valence-corrected chi connectivity index (χ2v) is 8.30. The maximum atomic E-state index is 13.6. The molecule has 162 valence electrons. The molecule has 0 bridgehead atoms. The number of nitrogens with two attached hydrogens (primary N) is 1. The van der Waals surface area contributed by atoms with Gasteiger partial charge in [-0.2, -0.15) is 0 Å². The molecule has 4 rings (SSSR count). The molecule has 1 saturated carbocycles. The Morgan fingerprint density at radius 1 is 1.16 bits per heavy atom. The van der Waals surface area contributed by atoms with Crippen LogP contribution in [0.5, 0.6) is 11.5 Å². The van der Waals surface area contributed by atoms with Crippen LogP contribution in [0.3, 0.4) is 0 Å². The second kappa shape index (κ2) is 6.53. The lowest BCUT2D eigenvalue weighted by Crippen LogP contribution is -2.68. The molecule has 0 spiro atoms. The first-order valence-corrected chi connectivity index (χ1v) is 9.61. The molecule has 2 aromatic carbocycles. The summed E-state index contributed by atoms with van der Waals surface area (Å²) in [5.74, 6) is -6.26. The maximum Gasteiger partial charge on any atom is 0.211 e. The Kier molecular flexibility index (Phi) is 4.39. The maximum absolute atomic E-state index is 13.6. The Balaban J connectivity index is 2.09.